The monoisotopic (exact) mass is 317 g/mol. The quantitative estimate of drug-likeness (QED) is 0.877. The van der Waals surface area contributed by atoms with Gasteiger partial charge in [0.05, 0.1) is 16.9 Å². The molecule has 1 aliphatic heterocycles. The van der Waals surface area contributed by atoms with E-state index in [1.807, 2.05) is 0 Å². The molecule has 0 atom stereocenters. The van der Waals surface area contributed by atoms with E-state index in [-0.39, 0.29) is 16.4 Å². The summed E-state index contributed by atoms with van der Waals surface area (Å²) in [6.07, 6.45) is 1.62. The molecule has 1 aliphatic rings. The Morgan fingerprint density at radius 3 is 2.64 bits per heavy atom. The van der Waals surface area contributed by atoms with Crippen LogP contribution in [-0.4, -0.2) is 22.1 Å². The number of anilines is 1. The number of nitrogen functional groups attached to an aromatic ring is 1. The second-order valence-corrected chi connectivity index (χ2v) is 6.85. The number of benzene rings is 2. The fourth-order valence-corrected chi connectivity index (χ4v) is 3.77. The molecule has 1 heterocycles. The Kier molecular flexibility index (Phi) is 3.54. The van der Waals surface area contributed by atoms with Gasteiger partial charge in [0.1, 0.15) is 18.1 Å². The van der Waals surface area contributed by atoms with Crippen LogP contribution in [0.3, 0.4) is 0 Å². The lowest BCUT2D eigenvalue weighted by molar-refractivity contribution is 0.353. The van der Waals surface area contributed by atoms with Crippen molar-refractivity contribution in [2.75, 3.05) is 19.5 Å². The molecule has 2 aromatic carbocycles. The minimum absolute atomic E-state index is 0.0376. The summed E-state index contributed by atoms with van der Waals surface area (Å²) in [7, 11) is -1.97. The van der Waals surface area contributed by atoms with E-state index in [9.17, 15) is 8.42 Å². The summed E-state index contributed by atoms with van der Waals surface area (Å²) < 4.78 is 35.6. The lowest BCUT2D eigenvalue weighted by Crippen LogP contribution is -2.09. The molecule has 3 rings (SSSR count). The van der Waals surface area contributed by atoms with Crippen molar-refractivity contribution in [3.63, 3.8) is 0 Å². The Labute approximate surface area is 128 Å². The normalized spacial score (nSPS) is 15.0. The summed E-state index contributed by atoms with van der Waals surface area (Å²) in [4.78, 5) is 0.452. The highest BCUT2D eigenvalue weighted by atomic mass is 32.2. The number of nitrogens with two attached hydrogens (primary N) is 1. The van der Waals surface area contributed by atoms with Crippen molar-refractivity contribution in [2.24, 2.45) is 0 Å². The third-order valence-corrected chi connectivity index (χ3v) is 5.27. The standard InChI is InChI=1S/C16H15NO4S/c1-20-13-3-2-4-14(9-13)21-10-15-7-11-5-6-12(17)8-16(11)22(15,18)19/h2-9H,10,17H2,1H3. The average Bonchev–Trinajstić information content (AvgIpc) is 2.76. The van der Waals surface area contributed by atoms with Crippen molar-refractivity contribution in [3.05, 3.63) is 52.9 Å². The van der Waals surface area contributed by atoms with E-state index in [0.29, 0.717) is 22.7 Å². The maximum atomic E-state index is 12.5. The van der Waals surface area contributed by atoms with Gasteiger partial charge in [0.2, 0.25) is 9.84 Å². The molecule has 0 aliphatic carbocycles. The number of fused-ring (bicyclic) bond motifs is 1. The van der Waals surface area contributed by atoms with Crippen LogP contribution in [0.25, 0.3) is 6.08 Å². The van der Waals surface area contributed by atoms with Gasteiger partial charge >= 0.3 is 0 Å². The zero-order valence-corrected chi connectivity index (χ0v) is 12.8. The minimum atomic E-state index is -3.53. The van der Waals surface area contributed by atoms with Gasteiger partial charge < -0.3 is 15.2 Å². The summed E-state index contributed by atoms with van der Waals surface area (Å²) >= 11 is 0. The summed E-state index contributed by atoms with van der Waals surface area (Å²) in [6, 6.07) is 11.9. The predicted octanol–water partition coefficient (Wildman–Crippen LogP) is 2.48. The van der Waals surface area contributed by atoms with E-state index in [1.54, 1.807) is 49.6 Å². The van der Waals surface area contributed by atoms with Crippen LogP contribution in [0.4, 0.5) is 5.69 Å². The Morgan fingerprint density at radius 2 is 1.86 bits per heavy atom. The molecule has 0 unspecified atom stereocenters. The smallest absolute Gasteiger partial charge is 0.206 e. The summed E-state index contributed by atoms with van der Waals surface area (Å²) in [5, 5.41) is 0. The number of hydrogen-bond acceptors (Lipinski definition) is 5. The van der Waals surface area contributed by atoms with E-state index >= 15 is 0 Å². The molecule has 6 heteroatoms. The van der Waals surface area contributed by atoms with Gasteiger partial charge in [0.25, 0.3) is 0 Å². The Morgan fingerprint density at radius 1 is 1.09 bits per heavy atom. The number of hydrogen-bond donors (Lipinski definition) is 1. The lowest BCUT2D eigenvalue weighted by atomic mass is 10.2. The highest BCUT2D eigenvalue weighted by Gasteiger charge is 2.30. The second-order valence-electron chi connectivity index (χ2n) is 4.88. The van der Waals surface area contributed by atoms with Crippen molar-refractivity contribution in [3.8, 4) is 11.5 Å². The number of methoxy groups -OCH3 is 1. The van der Waals surface area contributed by atoms with Gasteiger partial charge in [0.15, 0.2) is 0 Å². The van der Waals surface area contributed by atoms with Gasteiger partial charge in [-0.25, -0.2) is 8.42 Å². The Balaban J connectivity index is 1.82. The minimum Gasteiger partial charge on any atom is -0.497 e. The first-order chi connectivity index (χ1) is 10.5. The molecular formula is C16H15NO4S. The number of sulfone groups is 1. The van der Waals surface area contributed by atoms with Crippen LogP contribution in [0, 0.1) is 0 Å². The fourth-order valence-electron chi connectivity index (χ4n) is 2.26. The van der Waals surface area contributed by atoms with Crippen molar-refractivity contribution in [1.82, 2.24) is 0 Å². The molecular weight excluding hydrogens is 302 g/mol. The maximum absolute atomic E-state index is 12.5. The summed E-state index contributed by atoms with van der Waals surface area (Å²) in [6.45, 7) is -0.0376. The molecule has 0 saturated carbocycles. The van der Waals surface area contributed by atoms with E-state index in [4.69, 9.17) is 15.2 Å². The van der Waals surface area contributed by atoms with E-state index < -0.39 is 9.84 Å². The molecule has 2 N–H and O–H groups in total. The molecule has 2 aromatic rings. The van der Waals surface area contributed by atoms with Crippen molar-refractivity contribution in [2.45, 2.75) is 4.90 Å². The third kappa shape index (κ3) is 2.53. The summed E-state index contributed by atoms with van der Waals surface area (Å²) in [5.74, 6) is 1.20. The van der Waals surface area contributed by atoms with E-state index in [1.165, 1.54) is 6.07 Å². The highest BCUT2D eigenvalue weighted by molar-refractivity contribution is 7.95. The van der Waals surface area contributed by atoms with E-state index in [2.05, 4.69) is 0 Å². The van der Waals surface area contributed by atoms with E-state index in [0.717, 1.165) is 0 Å². The molecule has 0 saturated heterocycles. The average molecular weight is 317 g/mol. The van der Waals surface area contributed by atoms with Crippen LogP contribution in [0.5, 0.6) is 11.5 Å². The van der Waals surface area contributed by atoms with Crippen LogP contribution < -0.4 is 15.2 Å². The van der Waals surface area contributed by atoms with Crippen molar-refractivity contribution < 1.29 is 17.9 Å². The molecule has 114 valence electrons. The molecule has 5 nitrogen and oxygen atoms in total. The van der Waals surface area contributed by atoms with Gasteiger partial charge in [0, 0.05) is 11.8 Å². The molecule has 0 bridgehead atoms. The van der Waals surface area contributed by atoms with Gasteiger partial charge in [-0.15, -0.1) is 0 Å². The first kappa shape index (κ1) is 14.5. The van der Waals surface area contributed by atoms with Crippen LogP contribution in [0.2, 0.25) is 0 Å². The zero-order valence-electron chi connectivity index (χ0n) is 11.9. The molecule has 0 aromatic heterocycles. The first-order valence-corrected chi connectivity index (χ1v) is 8.11. The summed E-state index contributed by atoms with van der Waals surface area (Å²) in [5.41, 5.74) is 6.72. The lowest BCUT2D eigenvalue weighted by Gasteiger charge is -2.08. The largest absolute Gasteiger partial charge is 0.497 e. The van der Waals surface area contributed by atoms with Crippen molar-refractivity contribution >= 4 is 21.6 Å². The van der Waals surface area contributed by atoms with Crippen LogP contribution in [0.15, 0.2) is 52.3 Å². The van der Waals surface area contributed by atoms with Crippen LogP contribution in [-0.2, 0) is 9.84 Å². The second kappa shape index (κ2) is 5.38. The van der Waals surface area contributed by atoms with Gasteiger partial charge in [-0.2, -0.15) is 0 Å². The molecule has 22 heavy (non-hydrogen) atoms. The molecule has 0 spiro atoms. The molecule has 0 fully saturated rings. The van der Waals surface area contributed by atoms with Crippen LogP contribution >= 0.6 is 0 Å². The molecule has 0 radical (unpaired) electrons. The van der Waals surface area contributed by atoms with Gasteiger partial charge in [-0.3, -0.25) is 0 Å². The van der Waals surface area contributed by atoms with Gasteiger partial charge in [-0.1, -0.05) is 12.1 Å². The topological polar surface area (TPSA) is 78.6 Å². The molecule has 0 amide bonds. The zero-order chi connectivity index (χ0) is 15.7. The maximum Gasteiger partial charge on any atom is 0.206 e. The Hall–Kier alpha value is -2.47. The number of rotatable bonds is 4. The van der Waals surface area contributed by atoms with Gasteiger partial charge in [-0.05, 0) is 35.9 Å². The fraction of sp³-hybridized carbons (Fsp3) is 0.125. The SMILES string of the molecule is COc1cccc(OCC2=Cc3ccc(N)cc3S2(=O)=O)c1. The first-order valence-electron chi connectivity index (χ1n) is 6.63. The Bertz CT molecular complexity index is 856. The number of ether oxygens (including phenoxy) is 2. The highest BCUT2D eigenvalue weighted by Crippen LogP contribution is 2.34. The van der Waals surface area contributed by atoms with Crippen molar-refractivity contribution in [1.29, 1.82) is 0 Å². The predicted molar refractivity (Wildman–Crippen MR) is 84.5 cm³/mol. The van der Waals surface area contributed by atoms with Crippen LogP contribution in [0.1, 0.15) is 5.56 Å². The third-order valence-electron chi connectivity index (χ3n) is 3.41.